The molecule has 3 heterocycles. The van der Waals surface area contributed by atoms with Crippen molar-refractivity contribution in [3.8, 4) is 6.07 Å². The molecule has 0 N–H and O–H groups in total. The number of furan rings is 3. The van der Waals surface area contributed by atoms with Crippen molar-refractivity contribution in [2.75, 3.05) is 9.80 Å². The van der Waals surface area contributed by atoms with Crippen molar-refractivity contribution in [3.63, 3.8) is 0 Å². The van der Waals surface area contributed by atoms with Gasteiger partial charge in [0.2, 0.25) is 0 Å². The monoisotopic (exact) mass is 832 g/mol. The van der Waals surface area contributed by atoms with Crippen LogP contribution in [0.3, 0.4) is 0 Å². The van der Waals surface area contributed by atoms with Gasteiger partial charge < -0.3 is 23.1 Å². The van der Waals surface area contributed by atoms with E-state index in [1.165, 1.54) is 0 Å². The number of rotatable bonds is 6. The second-order valence-electron chi connectivity index (χ2n) is 16.3. The van der Waals surface area contributed by atoms with Gasteiger partial charge in [-0.25, -0.2) is 4.85 Å². The molecule has 0 aliphatic carbocycles. The van der Waals surface area contributed by atoms with Gasteiger partial charge in [-0.2, -0.15) is 5.26 Å². The average molecular weight is 833 g/mol. The Labute approximate surface area is 371 Å². The van der Waals surface area contributed by atoms with Crippen LogP contribution in [0.4, 0.5) is 39.8 Å². The summed E-state index contributed by atoms with van der Waals surface area (Å²) in [6, 6.07) is 67.9. The third-order valence-corrected chi connectivity index (χ3v) is 12.7. The van der Waals surface area contributed by atoms with Gasteiger partial charge in [0.05, 0.1) is 29.6 Å². The summed E-state index contributed by atoms with van der Waals surface area (Å²) in [6.07, 6.45) is 0. The summed E-state index contributed by atoms with van der Waals surface area (Å²) >= 11 is 0. The first kappa shape index (κ1) is 36.4. The maximum atomic E-state index is 9.66. The van der Waals surface area contributed by atoms with Crippen LogP contribution in [0.25, 0.3) is 92.2 Å². The molecule has 7 heteroatoms. The van der Waals surface area contributed by atoms with Crippen molar-refractivity contribution in [2.45, 2.75) is 0 Å². The summed E-state index contributed by atoms with van der Waals surface area (Å²) < 4.78 is 19.7. The number of para-hydroxylation sites is 4. The summed E-state index contributed by atoms with van der Waals surface area (Å²) in [6.45, 7) is 7.60. The lowest BCUT2D eigenvalue weighted by Crippen LogP contribution is -2.10. The lowest BCUT2D eigenvalue weighted by molar-refractivity contribution is 0.668. The molecule has 3 aromatic heterocycles. The SMILES string of the molecule is [C-]#[N+]c1ccc(N(c2ccc3c(ccc4oc5ccc6cc(N(c7ccc(C#N)cc7)c7cccc8c7oc7ccccc78)ccc6c5c43)c2)c2cccc3c2oc2ccccc23)cc1. The molecule has 0 spiro atoms. The molecular weight excluding hydrogens is 801 g/mol. The van der Waals surface area contributed by atoms with E-state index in [9.17, 15) is 5.26 Å². The average Bonchev–Trinajstić information content (AvgIpc) is 4.07. The third kappa shape index (κ3) is 5.60. The van der Waals surface area contributed by atoms with E-state index in [1.54, 1.807) is 0 Å². The Morgan fingerprint density at radius 2 is 0.862 bits per heavy atom. The molecule has 0 aliphatic rings. The molecular formula is C58H32N4O3. The van der Waals surface area contributed by atoms with Crippen molar-refractivity contribution >= 4 is 127 Å². The van der Waals surface area contributed by atoms with E-state index >= 15 is 0 Å². The molecule has 302 valence electrons. The zero-order valence-electron chi connectivity index (χ0n) is 34.5. The van der Waals surface area contributed by atoms with Gasteiger partial charge in [0.25, 0.3) is 0 Å². The van der Waals surface area contributed by atoms with Crippen molar-refractivity contribution < 1.29 is 13.3 Å². The second-order valence-corrected chi connectivity index (χ2v) is 16.3. The lowest BCUT2D eigenvalue weighted by atomic mass is 9.98. The highest BCUT2D eigenvalue weighted by Crippen LogP contribution is 2.47. The van der Waals surface area contributed by atoms with Gasteiger partial charge in [0, 0.05) is 55.1 Å². The Hall–Kier alpha value is -9.30. The van der Waals surface area contributed by atoms with Gasteiger partial charge in [-0.15, -0.1) is 0 Å². The quantitative estimate of drug-likeness (QED) is 0.155. The Balaban J connectivity index is 0.983. The molecule has 10 aromatic carbocycles. The summed E-state index contributed by atoms with van der Waals surface area (Å²) in [5.74, 6) is 0. The minimum atomic E-state index is 0.577. The van der Waals surface area contributed by atoms with E-state index in [2.05, 4.69) is 130 Å². The number of hydrogen-bond acceptors (Lipinski definition) is 6. The molecule has 0 unspecified atom stereocenters. The smallest absolute Gasteiger partial charge is 0.187 e. The predicted molar refractivity (Wildman–Crippen MR) is 264 cm³/mol. The second kappa shape index (κ2) is 14.1. The molecule has 0 atom stereocenters. The number of nitriles is 1. The first-order valence-electron chi connectivity index (χ1n) is 21.3. The van der Waals surface area contributed by atoms with E-state index in [1.807, 2.05) is 84.9 Å². The zero-order valence-corrected chi connectivity index (χ0v) is 34.5. The van der Waals surface area contributed by atoms with Crippen LogP contribution >= 0.6 is 0 Å². The van der Waals surface area contributed by atoms with Crippen molar-refractivity contribution in [1.29, 1.82) is 5.26 Å². The van der Waals surface area contributed by atoms with Crippen LogP contribution in [-0.2, 0) is 0 Å². The Kier molecular flexibility index (Phi) is 7.90. The minimum Gasteiger partial charge on any atom is -0.456 e. The summed E-state index contributed by atoms with van der Waals surface area (Å²) in [7, 11) is 0. The van der Waals surface area contributed by atoms with E-state index in [0.717, 1.165) is 121 Å². The van der Waals surface area contributed by atoms with E-state index in [-0.39, 0.29) is 0 Å². The Morgan fingerprint density at radius 3 is 1.35 bits per heavy atom. The zero-order chi connectivity index (χ0) is 43.2. The Morgan fingerprint density at radius 1 is 0.400 bits per heavy atom. The van der Waals surface area contributed by atoms with Gasteiger partial charge in [0.15, 0.2) is 16.9 Å². The topological polar surface area (TPSA) is 74.1 Å². The third-order valence-electron chi connectivity index (χ3n) is 12.7. The predicted octanol–water partition coefficient (Wildman–Crippen LogP) is 17.1. The van der Waals surface area contributed by atoms with Crippen LogP contribution in [0.1, 0.15) is 5.56 Å². The molecule has 13 aromatic rings. The largest absolute Gasteiger partial charge is 0.456 e. The minimum absolute atomic E-state index is 0.577. The molecule has 0 saturated heterocycles. The van der Waals surface area contributed by atoms with Crippen molar-refractivity contribution in [3.05, 3.63) is 211 Å². The maximum absolute atomic E-state index is 9.66. The fourth-order valence-electron chi connectivity index (χ4n) is 9.71. The maximum Gasteiger partial charge on any atom is 0.187 e. The van der Waals surface area contributed by atoms with E-state index < -0.39 is 0 Å². The van der Waals surface area contributed by atoms with Crippen molar-refractivity contribution in [2.24, 2.45) is 0 Å². The molecule has 0 saturated carbocycles. The fourth-order valence-corrected chi connectivity index (χ4v) is 9.71. The number of anilines is 6. The summed E-state index contributed by atoms with van der Waals surface area (Å²) in [4.78, 5) is 8.07. The Bertz CT molecular complexity index is 3900. The molecule has 13 rings (SSSR count). The van der Waals surface area contributed by atoms with Crippen LogP contribution in [-0.4, -0.2) is 0 Å². The first-order chi connectivity index (χ1) is 32.1. The van der Waals surface area contributed by atoms with E-state index in [4.69, 9.17) is 19.8 Å². The molecule has 0 aliphatic heterocycles. The lowest BCUT2D eigenvalue weighted by Gasteiger charge is -2.26. The van der Waals surface area contributed by atoms with Gasteiger partial charge in [-0.3, -0.25) is 0 Å². The van der Waals surface area contributed by atoms with Gasteiger partial charge in [0.1, 0.15) is 22.3 Å². The van der Waals surface area contributed by atoms with Crippen LogP contribution in [0, 0.1) is 17.9 Å². The van der Waals surface area contributed by atoms with Crippen LogP contribution in [0.5, 0.6) is 0 Å². The summed E-state index contributed by atoms with van der Waals surface area (Å²) in [5.41, 5.74) is 11.5. The molecule has 0 radical (unpaired) electrons. The first-order valence-corrected chi connectivity index (χ1v) is 21.3. The van der Waals surface area contributed by atoms with Crippen molar-refractivity contribution in [1.82, 2.24) is 0 Å². The van der Waals surface area contributed by atoms with Gasteiger partial charge in [-0.05, 0) is 119 Å². The molecule has 0 bridgehead atoms. The molecule has 7 nitrogen and oxygen atoms in total. The molecule has 0 fully saturated rings. The molecule has 65 heavy (non-hydrogen) atoms. The number of nitrogens with zero attached hydrogens (tertiary/aromatic N) is 4. The summed E-state index contributed by atoms with van der Waals surface area (Å²) in [5, 5.41) is 20.2. The highest BCUT2D eigenvalue weighted by atomic mass is 16.3. The molecule has 0 amide bonds. The highest BCUT2D eigenvalue weighted by molar-refractivity contribution is 6.27. The van der Waals surface area contributed by atoms with E-state index in [0.29, 0.717) is 11.3 Å². The van der Waals surface area contributed by atoms with Crippen LogP contribution in [0.15, 0.2) is 207 Å². The number of benzene rings is 10. The van der Waals surface area contributed by atoms with Gasteiger partial charge in [-0.1, -0.05) is 97.1 Å². The fraction of sp³-hybridized carbons (Fsp3) is 0. The standard InChI is InChI=1S/C58H32N4O3/c1-60-38-20-24-40(25-21-38)62(50-13-7-11-48-46-9-3-5-15-52(46)65-58(48)50)42-27-29-44-37(33-42)19-31-54-56(44)55-43-28-26-41(32-36(43)18-30-53(55)63-54)61(39-22-16-35(34-59)17-23-39)49-12-6-10-47-45-8-2-4-14-51(45)64-57(47)49/h2-33H. The normalized spacial score (nSPS) is 11.7. The number of hydrogen-bond donors (Lipinski definition) is 0. The van der Waals surface area contributed by atoms with Crippen LogP contribution < -0.4 is 9.80 Å². The number of fused-ring (bicyclic) bond motifs is 13. The van der Waals surface area contributed by atoms with Crippen LogP contribution in [0.2, 0.25) is 0 Å². The highest BCUT2D eigenvalue weighted by Gasteiger charge is 2.23. The van der Waals surface area contributed by atoms with Gasteiger partial charge >= 0.3 is 0 Å².